The van der Waals surface area contributed by atoms with E-state index in [-0.39, 0.29) is 10.7 Å². The maximum atomic E-state index is 13.7. The Morgan fingerprint density at radius 1 is 1.12 bits per heavy atom. The second kappa shape index (κ2) is 6.99. The first-order valence-corrected chi connectivity index (χ1v) is 7.79. The van der Waals surface area contributed by atoms with Crippen LogP contribution < -0.4 is 5.32 Å². The second-order valence-electron chi connectivity index (χ2n) is 5.57. The minimum absolute atomic E-state index is 0.0637. The maximum Gasteiger partial charge on any atom is 0.417 e. The Balaban J connectivity index is 2.10. The molecule has 0 unspecified atom stereocenters. The topological polar surface area (TPSA) is 42.0 Å². The van der Waals surface area contributed by atoms with E-state index in [4.69, 9.17) is 0 Å². The summed E-state index contributed by atoms with van der Waals surface area (Å²) in [6, 6.07) is 4.80. The molecular formula is C16H13F5N2OS. The highest BCUT2D eigenvalue weighted by Gasteiger charge is 2.32. The number of amides is 1. The van der Waals surface area contributed by atoms with Crippen molar-refractivity contribution < 1.29 is 26.7 Å². The van der Waals surface area contributed by atoms with Crippen molar-refractivity contribution in [3.05, 3.63) is 53.7 Å². The van der Waals surface area contributed by atoms with Crippen LogP contribution in [-0.4, -0.2) is 15.6 Å². The van der Waals surface area contributed by atoms with Crippen molar-refractivity contribution in [2.45, 2.75) is 29.7 Å². The zero-order valence-electron chi connectivity index (χ0n) is 13.1. The Labute approximate surface area is 144 Å². The molecule has 1 N–H and O–H groups in total. The monoisotopic (exact) mass is 376 g/mol. The number of hydrogen-bond donors (Lipinski definition) is 1. The molecule has 0 saturated heterocycles. The molecule has 9 heteroatoms. The number of thioether (sulfide) groups is 1. The maximum absolute atomic E-state index is 13.7. The van der Waals surface area contributed by atoms with Gasteiger partial charge in [0.25, 0.3) is 0 Å². The van der Waals surface area contributed by atoms with Crippen LogP contribution in [0.5, 0.6) is 0 Å². The fraction of sp³-hybridized carbons (Fsp3) is 0.250. The first kappa shape index (κ1) is 19.2. The van der Waals surface area contributed by atoms with Crippen LogP contribution in [0.1, 0.15) is 19.4 Å². The van der Waals surface area contributed by atoms with Crippen molar-refractivity contribution in [3.63, 3.8) is 0 Å². The summed E-state index contributed by atoms with van der Waals surface area (Å²) in [5.74, 6) is -2.20. The molecule has 3 nitrogen and oxygen atoms in total. The van der Waals surface area contributed by atoms with Crippen molar-refractivity contribution in [1.82, 2.24) is 4.98 Å². The molecular weight excluding hydrogens is 363 g/mol. The standard InChI is InChI=1S/C16H13F5N2OS/c1-15(2,25-12-5-4-10(17)7-11(12)18)14(24)23-13-6-3-9(8-22-13)16(19,20)21/h3-8H,1-2H3,(H,22,23,24). The number of nitrogens with zero attached hydrogens (tertiary/aromatic N) is 1. The van der Waals surface area contributed by atoms with E-state index in [2.05, 4.69) is 10.3 Å². The van der Waals surface area contributed by atoms with Crippen LogP contribution >= 0.6 is 11.8 Å². The molecule has 1 aromatic carbocycles. The molecule has 0 bridgehead atoms. The van der Waals surface area contributed by atoms with Gasteiger partial charge in [-0.05, 0) is 38.1 Å². The smallest absolute Gasteiger partial charge is 0.309 e. The summed E-state index contributed by atoms with van der Waals surface area (Å²) in [5.41, 5.74) is -0.937. The van der Waals surface area contributed by atoms with E-state index in [9.17, 15) is 26.7 Å². The van der Waals surface area contributed by atoms with Gasteiger partial charge in [-0.15, -0.1) is 11.8 Å². The van der Waals surface area contributed by atoms with Crippen LogP contribution in [0.25, 0.3) is 0 Å². The Morgan fingerprint density at radius 3 is 2.32 bits per heavy atom. The Bertz CT molecular complexity index is 775. The van der Waals surface area contributed by atoms with Crippen LogP contribution in [-0.2, 0) is 11.0 Å². The molecule has 0 saturated carbocycles. The zero-order chi connectivity index (χ0) is 18.8. The minimum atomic E-state index is -4.52. The largest absolute Gasteiger partial charge is 0.417 e. The number of carbonyl (C=O) groups is 1. The Kier molecular flexibility index (Phi) is 5.36. The van der Waals surface area contributed by atoms with Gasteiger partial charge >= 0.3 is 6.18 Å². The van der Waals surface area contributed by atoms with E-state index in [0.29, 0.717) is 12.3 Å². The third-order valence-corrected chi connectivity index (χ3v) is 4.38. The molecule has 0 atom stereocenters. The number of rotatable bonds is 4. The average Bonchev–Trinajstić information content (AvgIpc) is 2.49. The molecule has 0 spiro atoms. The summed E-state index contributed by atoms with van der Waals surface area (Å²) in [4.78, 5) is 15.9. The van der Waals surface area contributed by atoms with Gasteiger partial charge in [-0.1, -0.05) is 0 Å². The van der Waals surface area contributed by atoms with Crippen LogP contribution in [0.15, 0.2) is 41.4 Å². The molecule has 0 aliphatic rings. The molecule has 0 aliphatic heterocycles. The quantitative estimate of drug-likeness (QED) is 0.610. The van der Waals surface area contributed by atoms with Crippen molar-refractivity contribution in [2.24, 2.45) is 0 Å². The Morgan fingerprint density at radius 2 is 1.80 bits per heavy atom. The predicted octanol–water partition coefficient (Wildman–Crippen LogP) is 4.89. The summed E-state index contributed by atoms with van der Waals surface area (Å²) >= 11 is 0.854. The van der Waals surface area contributed by atoms with Gasteiger partial charge in [0.05, 0.1) is 10.3 Å². The van der Waals surface area contributed by atoms with E-state index in [0.717, 1.165) is 30.0 Å². The van der Waals surface area contributed by atoms with Crippen molar-refractivity contribution in [3.8, 4) is 0 Å². The average molecular weight is 376 g/mol. The molecule has 1 amide bonds. The zero-order valence-corrected chi connectivity index (χ0v) is 13.9. The molecule has 1 heterocycles. The summed E-state index contributed by atoms with van der Waals surface area (Å²) in [6.07, 6.45) is -3.92. The molecule has 1 aromatic heterocycles. The van der Waals surface area contributed by atoms with Crippen LogP contribution in [0, 0.1) is 11.6 Å². The van der Waals surface area contributed by atoms with Crippen molar-refractivity contribution in [2.75, 3.05) is 5.32 Å². The number of nitrogens with one attached hydrogen (secondary N) is 1. The summed E-state index contributed by atoms with van der Waals surface area (Å²) in [7, 11) is 0. The van der Waals surface area contributed by atoms with Gasteiger partial charge in [-0.2, -0.15) is 13.2 Å². The third-order valence-electron chi connectivity index (χ3n) is 3.14. The summed E-state index contributed by atoms with van der Waals surface area (Å²) in [5, 5.41) is 2.38. The molecule has 0 fully saturated rings. The van der Waals surface area contributed by atoms with Gasteiger partial charge in [0, 0.05) is 17.2 Å². The highest BCUT2D eigenvalue weighted by molar-refractivity contribution is 8.01. The van der Waals surface area contributed by atoms with Gasteiger partial charge in [-0.25, -0.2) is 13.8 Å². The van der Waals surface area contributed by atoms with E-state index in [1.165, 1.54) is 19.9 Å². The van der Waals surface area contributed by atoms with Gasteiger partial charge < -0.3 is 5.32 Å². The lowest BCUT2D eigenvalue weighted by Crippen LogP contribution is -2.34. The molecule has 0 radical (unpaired) electrons. The number of benzene rings is 1. The number of halogens is 5. The summed E-state index contributed by atoms with van der Waals surface area (Å²) in [6.45, 7) is 3.00. The Hall–Kier alpha value is -2.16. The van der Waals surface area contributed by atoms with Gasteiger partial charge in [-0.3, -0.25) is 4.79 Å². The van der Waals surface area contributed by atoms with Crippen LogP contribution in [0.2, 0.25) is 0 Å². The van der Waals surface area contributed by atoms with E-state index >= 15 is 0 Å². The van der Waals surface area contributed by atoms with E-state index < -0.39 is 34.0 Å². The summed E-state index contributed by atoms with van der Waals surface area (Å²) < 4.78 is 62.9. The normalized spacial score (nSPS) is 12.1. The molecule has 0 aliphatic carbocycles. The van der Waals surface area contributed by atoms with Gasteiger partial charge in [0.1, 0.15) is 17.5 Å². The fourth-order valence-corrected chi connectivity index (χ4v) is 2.77. The highest BCUT2D eigenvalue weighted by atomic mass is 32.2. The second-order valence-corrected chi connectivity index (χ2v) is 7.24. The number of carbonyl (C=O) groups excluding carboxylic acids is 1. The molecule has 2 aromatic rings. The van der Waals surface area contributed by atoms with Crippen molar-refractivity contribution >= 4 is 23.5 Å². The fourth-order valence-electron chi connectivity index (χ4n) is 1.78. The first-order chi connectivity index (χ1) is 11.5. The van der Waals surface area contributed by atoms with Crippen LogP contribution in [0.3, 0.4) is 0 Å². The lowest BCUT2D eigenvalue weighted by Gasteiger charge is -2.23. The van der Waals surface area contributed by atoms with E-state index in [1.807, 2.05) is 0 Å². The number of pyridine rings is 1. The van der Waals surface area contributed by atoms with Gasteiger partial charge in [0.2, 0.25) is 5.91 Å². The lowest BCUT2D eigenvalue weighted by atomic mass is 10.2. The first-order valence-electron chi connectivity index (χ1n) is 6.98. The van der Waals surface area contributed by atoms with Crippen LogP contribution in [0.4, 0.5) is 27.8 Å². The molecule has 2 rings (SSSR count). The van der Waals surface area contributed by atoms with Crippen molar-refractivity contribution in [1.29, 1.82) is 0 Å². The van der Waals surface area contributed by atoms with E-state index in [1.54, 1.807) is 0 Å². The minimum Gasteiger partial charge on any atom is -0.309 e. The lowest BCUT2D eigenvalue weighted by molar-refractivity contribution is -0.137. The third kappa shape index (κ3) is 4.91. The SMILES string of the molecule is CC(C)(Sc1ccc(F)cc1F)C(=O)Nc1ccc(C(F)(F)F)cn1. The number of alkyl halides is 3. The number of anilines is 1. The predicted molar refractivity (Wildman–Crippen MR) is 84.2 cm³/mol. The van der Waals surface area contributed by atoms with Gasteiger partial charge in [0.15, 0.2) is 0 Å². The molecule has 134 valence electrons. The molecule has 25 heavy (non-hydrogen) atoms. The number of hydrogen-bond acceptors (Lipinski definition) is 3. The highest BCUT2D eigenvalue weighted by Crippen LogP contribution is 2.35. The number of aromatic nitrogens is 1.